The Morgan fingerprint density at radius 1 is 1.00 bits per heavy atom. The number of allylic oxidation sites excluding steroid dienone is 1. The molecule has 3 N–H and O–H groups in total. The van der Waals surface area contributed by atoms with Gasteiger partial charge in [0.25, 0.3) is 0 Å². The van der Waals surface area contributed by atoms with Gasteiger partial charge < -0.3 is 15.6 Å². The smallest absolute Gasteiger partial charge is 0.161 e. The highest BCUT2D eigenvalue weighted by atomic mass is 16.5. The van der Waals surface area contributed by atoms with Gasteiger partial charge in [-0.1, -0.05) is 6.07 Å². The third kappa shape index (κ3) is 3.10. The van der Waals surface area contributed by atoms with Gasteiger partial charge in [0.1, 0.15) is 0 Å². The van der Waals surface area contributed by atoms with Gasteiger partial charge in [-0.3, -0.25) is 9.99 Å². The van der Waals surface area contributed by atoms with Crippen LogP contribution >= 0.6 is 0 Å². The molecular formula is C21H25N5O2. The van der Waals surface area contributed by atoms with E-state index < -0.39 is 0 Å². The minimum atomic E-state index is 0. The van der Waals surface area contributed by atoms with E-state index in [9.17, 15) is 0 Å². The van der Waals surface area contributed by atoms with Gasteiger partial charge in [0.05, 0.1) is 25.9 Å². The van der Waals surface area contributed by atoms with Crippen LogP contribution in [-0.2, 0) is 0 Å². The number of rotatable bonds is 4. The molecule has 2 aliphatic rings. The summed E-state index contributed by atoms with van der Waals surface area (Å²) in [6.45, 7) is 4.18. The number of aliphatic imine (C=N–C) groups is 1. The molecule has 3 heterocycles. The fraction of sp³-hybridized carbons (Fsp3) is 0.238. The van der Waals surface area contributed by atoms with Crippen LogP contribution in [0.25, 0.3) is 5.57 Å². The Hall–Kier alpha value is -3.32. The number of benzene rings is 1. The Bertz CT molecular complexity index is 953. The van der Waals surface area contributed by atoms with Crippen molar-refractivity contribution in [3.8, 4) is 11.5 Å². The summed E-state index contributed by atoms with van der Waals surface area (Å²) in [6, 6.07) is 10.1. The SMILES string of the molecule is COc1ccc(C2=C3N=C(C)C=CN3N(c3ccncc3)C2C)cc1OC.N. The normalized spacial score (nSPS) is 17.9. The lowest BCUT2D eigenvalue weighted by atomic mass is 9.99. The van der Waals surface area contributed by atoms with E-state index >= 15 is 0 Å². The second-order valence-corrected chi connectivity index (χ2v) is 6.45. The molecule has 0 saturated carbocycles. The van der Waals surface area contributed by atoms with Gasteiger partial charge in [0.15, 0.2) is 17.3 Å². The minimum Gasteiger partial charge on any atom is -0.493 e. The van der Waals surface area contributed by atoms with E-state index in [4.69, 9.17) is 14.5 Å². The Balaban J connectivity index is 0.00000225. The van der Waals surface area contributed by atoms with Gasteiger partial charge in [-0.15, -0.1) is 0 Å². The average molecular weight is 379 g/mol. The van der Waals surface area contributed by atoms with E-state index in [1.807, 2.05) is 37.3 Å². The zero-order chi connectivity index (χ0) is 19.0. The van der Waals surface area contributed by atoms with Gasteiger partial charge in [0.2, 0.25) is 0 Å². The maximum Gasteiger partial charge on any atom is 0.161 e. The first kappa shape index (κ1) is 19.4. The summed E-state index contributed by atoms with van der Waals surface area (Å²) in [5.41, 5.74) is 4.23. The van der Waals surface area contributed by atoms with E-state index in [1.165, 1.54) is 0 Å². The van der Waals surface area contributed by atoms with Crippen LogP contribution in [0.1, 0.15) is 19.4 Å². The molecule has 1 atom stereocenters. The number of ether oxygens (including phenoxy) is 2. The largest absolute Gasteiger partial charge is 0.493 e. The number of hydrogen-bond donors (Lipinski definition) is 1. The molecule has 7 nitrogen and oxygen atoms in total. The fourth-order valence-corrected chi connectivity index (χ4v) is 3.58. The van der Waals surface area contributed by atoms with Crippen molar-refractivity contribution < 1.29 is 9.47 Å². The molecule has 1 aromatic heterocycles. The van der Waals surface area contributed by atoms with Crippen molar-refractivity contribution >= 4 is 17.0 Å². The van der Waals surface area contributed by atoms with Crippen LogP contribution in [0.4, 0.5) is 5.69 Å². The third-order valence-corrected chi connectivity index (χ3v) is 4.84. The molecule has 146 valence electrons. The summed E-state index contributed by atoms with van der Waals surface area (Å²) < 4.78 is 10.9. The molecule has 0 bridgehead atoms. The van der Waals surface area contributed by atoms with Gasteiger partial charge >= 0.3 is 0 Å². The van der Waals surface area contributed by atoms with Crippen LogP contribution in [-0.4, -0.2) is 36.0 Å². The number of nitrogens with zero attached hydrogens (tertiary/aromatic N) is 4. The number of fused-ring (bicyclic) bond motifs is 1. The molecule has 2 aromatic rings. The predicted molar refractivity (Wildman–Crippen MR) is 112 cm³/mol. The molecule has 4 rings (SSSR count). The van der Waals surface area contributed by atoms with Crippen molar-refractivity contribution in [3.05, 3.63) is 66.4 Å². The number of anilines is 1. The lowest BCUT2D eigenvalue weighted by Gasteiger charge is -2.34. The maximum atomic E-state index is 5.51. The molecule has 0 fully saturated rings. The second-order valence-electron chi connectivity index (χ2n) is 6.45. The third-order valence-electron chi connectivity index (χ3n) is 4.84. The Morgan fingerprint density at radius 3 is 2.39 bits per heavy atom. The molecule has 2 aliphatic heterocycles. The van der Waals surface area contributed by atoms with Crippen molar-refractivity contribution in [2.45, 2.75) is 19.9 Å². The number of aromatic nitrogens is 1. The average Bonchev–Trinajstić information content (AvgIpc) is 2.99. The molecule has 1 aromatic carbocycles. The van der Waals surface area contributed by atoms with Crippen LogP contribution in [0.3, 0.4) is 0 Å². The standard InChI is InChI=1S/C21H22N4O2.H3N/c1-14-9-12-24-21(23-14)20(15(2)25(24)17-7-10-22-11-8-17)16-5-6-18(26-3)19(13-16)27-4;/h5-13,15H,1-4H3;1H3. The van der Waals surface area contributed by atoms with Gasteiger partial charge in [0, 0.05) is 29.9 Å². The summed E-state index contributed by atoms with van der Waals surface area (Å²) in [5, 5.41) is 4.31. The van der Waals surface area contributed by atoms with Crippen LogP contribution in [0.2, 0.25) is 0 Å². The van der Waals surface area contributed by atoms with Crippen LogP contribution in [0.5, 0.6) is 11.5 Å². The second kappa shape index (κ2) is 7.74. The van der Waals surface area contributed by atoms with Gasteiger partial charge in [-0.2, -0.15) is 0 Å². The molecule has 1 unspecified atom stereocenters. The summed E-state index contributed by atoms with van der Waals surface area (Å²) in [6.07, 6.45) is 7.68. The summed E-state index contributed by atoms with van der Waals surface area (Å²) >= 11 is 0. The van der Waals surface area contributed by atoms with Crippen molar-refractivity contribution in [1.82, 2.24) is 16.1 Å². The van der Waals surface area contributed by atoms with Crippen molar-refractivity contribution in [2.75, 3.05) is 19.2 Å². The zero-order valence-corrected chi connectivity index (χ0v) is 16.6. The lowest BCUT2D eigenvalue weighted by Crippen LogP contribution is -2.39. The van der Waals surface area contributed by atoms with Gasteiger partial charge in [-0.05, 0) is 49.8 Å². The molecule has 0 spiro atoms. The maximum absolute atomic E-state index is 5.51. The van der Waals surface area contributed by atoms with E-state index in [0.29, 0.717) is 11.5 Å². The quantitative estimate of drug-likeness (QED) is 0.863. The Morgan fingerprint density at radius 2 is 1.71 bits per heavy atom. The van der Waals surface area contributed by atoms with E-state index in [1.54, 1.807) is 26.6 Å². The van der Waals surface area contributed by atoms with Crippen LogP contribution < -0.4 is 20.6 Å². The number of methoxy groups -OCH3 is 2. The molecule has 0 radical (unpaired) electrons. The molecular weight excluding hydrogens is 354 g/mol. The summed E-state index contributed by atoms with van der Waals surface area (Å²) in [4.78, 5) is 8.97. The van der Waals surface area contributed by atoms with E-state index in [2.05, 4.69) is 34.2 Å². The number of pyridine rings is 1. The molecule has 28 heavy (non-hydrogen) atoms. The van der Waals surface area contributed by atoms with Crippen molar-refractivity contribution in [2.24, 2.45) is 4.99 Å². The first-order chi connectivity index (χ1) is 13.1. The number of hydrogen-bond acceptors (Lipinski definition) is 7. The Kier molecular flexibility index (Phi) is 5.37. The molecule has 0 amide bonds. The van der Waals surface area contributed by atoms with Crippen molar-refractivity contribution in [3.63, 3.8) is 0 Å². The molecule has 0 aliphatic carbocycles. The highest BCUT2D eigenvalue weighted by Crippen LogP contribution is 2.42. The van der Waals surface area contributed by atoms with Crippen LogP contribution in [0, 0.1) is 0 Å². The summed E-state index contributed by atoms with van der Waals surface area (Å²) in [7, 11) is 3.29. The summed E-state index contributed by atoms with van der Waals surface area (Å²) in [5.74, 6) is 2.34. The molecule has 0 saturated heterocycles. The van der Waals surface area contributed by atoms with Gasteiger partial charge in [-0.25, -0.2) is 10.0 Å². The minimum absolute atomic E-state index is 0. The highest BCUT2D eigenvalue weighted by molar-refractivity contribution is 5.96. The topological polar surface area (TPSA) is 85.2 Å². The van der Waals surface area contributed by atoms with E-state index in [-0.39, 0.29) is 12.2 Å². The highest BCUT2D eigenvalue weighted by Gasteiger charge is 2.37. The fourth-order valence-electron chi connectivity index (χ4n) is 3.58. The monoisotopic (exact) mass is 379 g/mol. The number of hydrazine groups is 1. The Labute approximate surface area is 165 Å². The molecule has 7 heteroatoms. The lowest BCUT2D eigenvalue weighted by molar-refractivity contribution is 0.355. The van der Waals surface area contributed by atoms with E-state index in [0.717, 1.165) is 28.4 Å². The van der Waals surface area contributed by atoms with Crippen LogP contribution in [0.15, 0.2) is 65.8 Å². The first-order valence-electron chi connectivity index (χ1n) is 8.82. The predicted octanol–water partition coefficient (Wildman–Crippen LogP) is 4.04. The first-order valence-corrected chi connectivity index (χ1v) is 8.82. The zero-order valence-electron chi connectivity index (χ0n) is 16.6. The van der Waals surface area contributed by atoms with Crippen molar-refractivity contribution in [1.29, 1.82) is 0 Å².